The molecule has 1 atom stereocenters. The maximum absolute atomic E-state index is 10.9. The van der Waals surface area contributed by atoms with Crippen LogP contribution in [0.1, 0.15) is 11.1 Å². The fourth-order valence-electron chi connectivity index (χ4n) is 1.94. The number of nitrogens with zero attached hydrogens (tertiary/aromatic N) is 1. The molecule has 1 radical (unpaired) electrons. The molecule has 0 N–H and O–H groups in total. The largest absolute Gasteiger partial charge is 0.327 e. The maximum atomic E-state index is 10.9. The first-order chi connectivity index (χ1) is 7.35. The van der Waals surface area contributed by atoms with Crippen molar-refractivity contribution in [2.24, 2.45) is 0 Å². The van der Waals surface area contributed by atoms with Crippen LogP contribution in [0.25, 0.3) is 0 Å². The number of benzene rings is 1. The van der Waals surface area contributed by atoms with Crippen molar-refractivity contribution in [3.8, 4) is 0 Å². The molecule has 0 bridgehead atoms. The van der Waals surface area contributed by atoms with E-state index >= 15 is 0 Å². The van der Waals surface area contributed by atoms with Gasteiger partial charge in [0.15, 0.2) is 0 Å². The van der Waals surface area contributed by atoms with Gasteiger partial charge in [-0.3, -0.25) is 0 Å². The number of carbonyl (C=O) groups excluding carboxylic acids is 2. The van der Waals surface area contributed by atoms with E-state index in [1.807, 2.05) is 24.3 Å². The third-order valence-electron chi connectivity index (χ3n) is 2.74. The summed E-state index contributed by atoms with van der Waals surface area (Å²) in [5.74, 6) is 0. The summed E-state index contributed by atoms with van der Waals surface area (Å²) in [6.45, 7) is 0.637. The standard InChI is InChI=1S/C11H11BNO2/c14-7-11-5-9-3-1-2-4-10(9)6-13(11)12-8-15/h1-4,7-8,11H,5-6H2/t11-/m1/s1. The van der Waals surface area contributed by atoms with Crippen molar-refractivity contribution in [1.82, 2.24) is 4.81 Å². The van der Waals surface area contributed by atoms with E-state index in [0.717, 1.165) is 12.5 Å². The highest BCUT2D eigenvalue weighted by atomic mass is 16.1. The Bertz CT molecular complexity index is 381. The summed E-state index contributed by atoms with van der Waals surface area (Å²) in [6, 6.07) is 7.80. The van der Waals surface area contributed by atoms with E-state index in [9.17, 15) is 9.59 Å². The highest BCUT2D eigenvalue weighted by molar-refractivity contribution is 6.64. The Morgan fingerprint density at radius 2 is 2.00 bits per heavy atom. The molecule has 0 unspecified atom stereocenters. The molecule has 0 fully saturated rings. The lowest BCUT2D eigenvalue weighted by atomic mass is 9.84. The van der Waals surface area contributed by atoms with Crippen LogP contribution in [0.2, 0.25) is 0 Å². The van der Waals surface area contributed by atoms with Crippen molar-refractivity contribution in [3.63, 3.8) is 0 Å². The summed E-state index contributed by atoms with van der Waals surface area (Å²) in [7, 11) is 1.44. The van der Waals surface area contributed by atoms with E-state index in [-0.39, 0.29) is 6.04 Å². The normalized spacial score (nSPS) is 20.4. The Balaban J connectivity index is 2.26. The lowest BCUT2D eigenvalue weighted by Gasteiger charge is -2.32. The molecular formula is C11H11BNO2. The molecule has 1 heterocycles. The quantitative estimate of drug-likeness (QED) is 0.524. The van der Waals surface area contributed by atoms with Crippen molar-refractivity contribution in [2.45, 2.75) is 19.0 Å². The minimum Gasteiger partial charge on any atom is -0.327 e. The number of aldehydes is 1. The summed E-state index contributed by atoms with van der Waals surface area (Å²) in [5.41, 5.74) is 2.39. The zero-order chi connectivity index (χ0) is 10.7. The Kier molecular flexibility index (Phi) is 2.97. The van der Waals surface area contributed by atoms with Crippen LogP contribution in [0.3, 0.4) is 0 Å². The van der Waals surface area contributed by atoms with Crippen molar-refractivity contribution in [3.05, 3.63) is 35.4 Å². The Hall–Kier alpha value is -1.42. The van der Waals surface area contributed by atoms with Gasteiger partial charge in [0, 0.05) is 6.54 Å². The third kappa shape index (κ3) is 2.00. The van der Waals surface area contributed by atoms with Gasteiger partial charge in [-0.25, -0.2) is 0 Å². The fraction of sp³-hybridized carbons (Fsp3) is 0.273. The molecule has 1 aromatic rings. The Labute approximate surface area is 89.3 Å². The van der Waals surface area contributed by atoms with Crippen LogP contribution in [0.4, 0.5) is 0 Å². The van der Waals surface area contributed by atoms with E-state index < -0.39 is 0 Å². The second-order valence-corrected chi connectivity index (χ2v) is 3.63. The second-order valence-electron chi connectivity index (χ2n) is 3.63. The number of fused-ring (bicyclic) bond motifs is 1. The average molecular weight is 200 g/mol. The summed E-state index contributed by atoms with van der Waals surface area (Å²) < 4.78 is 0. The van der Waals surface area contributed by atoms with Gasteiger partial charge in [-0.2, -0.15) is 0 Å². The predicted octanol–water partition coefficient (Wildman–Crippen LogP) is 0.422. The monoisotopic (exact) mass is 200 g/mol. The van der Waals surface area contributed by atoms with Gasteiger partial charge in [0.25, 0.3) is 7.41 Å². The minimum absolute atomic E-state index is 0.204. The summed E-state index contributed by atoms with van der Waals surface area (Å²) in [4.78, 5) is 23.1. The molecule has 0 saturated carbocycles. The molecule has 4 heteroatoms. The molecule has 1 aromatic carbocycles. The molecule has 2 rings (SSSR count). The van der Waals surface area contributed by atoms with Gasteiger partial charge < -0.3 is 14.4 Å². The topological polar surface area (TPSA) is 37.4 Å². The van der Waals surface area contributed by atoms with Crippen LogP contribution in [-0.2, 0) is 22.6 Å². The maximum Gasteiger partial charge on any atom is 0.294 e. The number of carbonyl (C=O) groups is 2. The smallest absolute Gasteiger partial charge is 0.294 e. The van der Waals surface area contributed by atoms with Crippen LogP contribution in [0.15, 0.2) is 24.3 Å². The molecule has 0 aromatic heterocycles. The van der Waals surface area contributed by atoms with E-state index in [1.54, 1.807) is 4.81 Å². The van der Waals surface area contributed by atoms with Gasteiger partial charge in [0.2, 0.25) is 0 Å². The van der Waals surface area contributed by atoms with E-state index in [2.05, 4.69) is 0 Å². The van der Waals surface area contributed by atoms with Crippen LogP contribution in [0, 0.1) is 0 Å². The van der Waals surface area contributed by atoms with E-state index in [1.165, 1.54) is 18.5 Å². The number of hydrogen-bond acceptors (Lipinski definition) is 3. The van der Waals surface area contributed by atoms with Crippen LogP contribution >= 0.6 is 0 Å². The highest BCUT2D eigenvalue weighted by Gasteiger charge is 2.25. The lowest BCUT2D eigenvalue weighted by Crippen LogP contribution is -2.44. The minimum atomic E-state index is -0.204. The van der Waals surface area contributed by atoms with E-state index in [4.69, 9.17) is 0 Å². The zero-order valence-corrected chi connectivity index (χ0v) is 8.30. The molecular weight excluding hydrogens is 189 g/mol. The Morgan fingerprint density at radius 3 is 2.67 bits per heavy atom. The van der Waals surface area contributed by atoms with Gasteiger partial charge in [-0.05, 0) is 17.5 Å². The first-order valence-electron chi connectivity index (χ1n) is 4.91. The summed E-state index contributed by atoms with van der Waals surface area (Å²) >= 11 is 0. The molecule has 0 aliphatic carbocycles. The SMILES string of the molecule is O=C[B]N1Cc2ccccc2C[C@@H]1C=O. The molecule has 0 amide bonds. The fourth-order valence-corrected chi connectivity index (χ4v) is 1.94. The van der Waals surface area contributed by atoms with Gasteiger partial charge in [0.1, 0.15) is 6.29 Å². The van der Waals surface area contributed by atoms with E-state index in [0.29, 0.717) is 13.0 Å². The van der Waals surface area contributed by atoms with Gasteiger partial charge in [0.05, 0.1) is 12.2 Å². The van der Waals surface area contributed by atoms with Gasteiger partial charge in [-0.15, -0.1) is 0 Å². The zero-order valence-electron chi connectivity index (χ0n) is 8.30. The van der Waals surface area contributed by atoms with Crippen molar-refractivity contribution < 1.29 is 9.59 Å². The molecule has 0 spiro atoms. The van der Waals surface area contributed by atoms with Gasteiger partial charge >= 0.3 is 0 Å². The van der Waals surface area contributed by atoms with Crippen molar-refractivity contribution in [1.29, 1.82) is 0 Å². The molecule has 1 aliphatic rings. The lowest BCUT2D eigenvalue weighted by molar-refractivity contribution is -0.111. The Morgan fingerprint density at radius 1 is 1.27 bits per heavy atom. The van der Waals surface area contributed by atoms with Crippen LogP contribution in [0.5, 0.6) is 0 Å². The molecule has 1 aliphatic heterocycles. The molecule has 0 saturated heterocycles. The van der Waals surface area contributed by atoms with Crippen molar-refractivity contribution >= 4 is 19.9 Å². The molecule has 3 nitrogen and oxygen atoms in total. The predicted molar refractivity (Wildman–Crippen MR) is 58.0 cm³/mol. The number of hydrogen-bond donors (Lipinski definition) is 0. The molecule has 75 valence electrons. The summed E-state index contributed by atoms with van der Waals surface area (Å²) in [5, 5.41) is 0. The average Bonchev–Trinajstić information content (AvgIpc) is 2.28. The van der Waals surface area contributed by atoms with Crippen LogP contribution < -0.4 is 0 Å². The first-order valence-corrected chi connectivity index (χ1v) is 4.91. The second kappa shape index (κ2) is 4.40. The molecule has 15 heavy (non-hydrogen) atoms. The van der Waals surface area contributed by atoms with Gasteiger partial charge in [-0.1, -0.05) is 24.3 Å². The van der Waals surface area contributed by atoms with Crippen molar-refractivity contribution in [2.75, 3.05) is 0 Å². The van der Waals surface area contributed by atoms with Crippen LogP contribution in [-0.4, -0.2) is 30.7 Å². The third-order valence-corrected chi connectivity index (χ3v) is 2.74. The highest BCUT2D eigenvalue weighted by Crippen LogP contribution is 2.21. The first kappa shape index (κ1) is 10.1. The number of rotatable bonds is 3. The summed E-state index contributed by atoms with van der Waals surface area (Å²) in [6.07, 6.45) is 2.31.